The van der Waals surface area contributed by atoms with Crippen molar-refractivity contribution < 1.29 is 14.7 Å². The molecule has 2 N–H and O–H groups in total. The van der Waals surface area contributed by atoms with Crippen LogP contribution >= 0.6 is 15.9 Å². The molecule has 98 valence electrons. The minimum atomic E-state index is -1.01. The van der Waals surface area contributed by atoms with Crippen molar-refractivity contribution in [2.24, 2.45) is 0 Å². The van der Waals surface area contributed by atoms with Crippen LogP contribution in [-0.4, -0.2) is 35.1 Å². The maximum atomic E-state index is 11.9. The van der Waals surface area contributed by atoms with Crippen LogP contribution in [-0.2, 0) is 4.79 Å². The highest BCUT2D eigenvalue weighted by Crippen LogP contribution is 2.16. The van der Waals surface area contributed by atoms with E-state index in [0.717, 1.165) is 4.47 Å². The van der Waals surface area contributed by atoms with E-state index in [4.69, 9.17) is 5.11 Å². The monoisotopic (exact) mass is 314 g/mol. The fourth-order valence-corrected chi connectivity index (χ4v) is 1.93. The van der Waals surface area contributed by atoms with Crippen molar-refractivity contribution in [2.75, 3.05) is 12.4 Å². The molecule has 0 fully saturated rings. The van der Waals surface area contributed by atoms with Crippen LogP contribution in [0.25, 0.3) is 0 Å². The number of hydrogen-bond acceptors (Lipinski definition) is 2. The highest BCUT2D eigenvalue weighted by Gasteiger charge is 2.24. The number of halogens is 1. The van der Waals surface area contributed by atoms with E-state index in [-0.39, 0.29) is 0 Å². The number of carbonyl (C=O) groups is 2. The second kappa shape index (κ2) is 6.39. The molecular formula is C12H15BrN2O3. The zero-order chi connectivity index (χ0) is 13.7. The van der Waals surface area contributed by atoms with Gasteiger partial charge in [-0.3, -0.25) is 0 Å². The molecule has 1 aromatic carbocycles. The van der Waals surface area contributed by atoms with Gasteiger partial charge in [0, 0.05) is 17.2 Å². The number of nitrogens with one attached hydrogen (secondary N) is 1. The van der Waals surface area contributed by atoms with Gasteiger partial charge < -0.3 is 15.3 Å². The Morgan fingerprint density at radius 3 is 2.67 bits per heavy atom. The highest BCUT2D eigenvalue weighted by molar-refractivity contribution is 9.10. The molecule has 6 heteroatoms. The molecule has 0 bridgehead atoms. The molecule has 0 saturated carbocycles. The maximum absolute atomic E-state index is 11.9. The predicted molar refractivity (Wildman–Crippen MR) is 72.6 cm³/mol. The Kier molecular flexibility index (Phi) is 5.15. The summed E-state index contributed by atoms with van der Waals surface area (Å²) in [5.74, 6) is -1.01. The Labute approximate surface area is 114 Å². The number of hydrogen-bond donors (Lipinski definition) is 2. The quantitative estimate of drug-likeness (QED) is 0.897. The summed E-state index contributed by atoms with van der Waals surface area (Å²) < 4.78 is 0.841. The van der Waals surface area contributed by atoms with Crippen LogP contribution in [0.15, 0.2) is 28.7 Å². The number of benzene rings is 1. The van der Waals surface area contributed by atoms with Crippen molar-refractivity contribution in [1.82, 2.24) is 4.90 Å². The van der Waals surface area contributed by atoms with Crippen molar-refractivity contribution in [3.05, 3.63) is 28.7 Å². The van der Waals surface area contributed by atoms with E-state index >= 15 is 0 Å². The zero-order valence-electron chi connectivity index (χ0n) is 10.2. The van der Waals surface area contributed by atoms with Crippen LogP contribution in [0.2, 0.25) is 0 Å². The first-order valence-corrected chi connectivity index (χ1v) is 6.27. The fourth-order valence-electron chi connectivity index (χ4n) is 1.53. The topological polar surface area (TPSA) is 69.6 Å². The molecule has 0 saturated heterocycles. The van der Waals surface area contributed by atoms with Gasteiger partial charge in [-0.05, 0) is 24.6 Å². The first-order chi connectivity index (χ1) is 8.45. The van der Waals surface area contributed by atoms with Crippen molar-refractivity contribution in [1.29, 1.82) is 0 Å². The van der Waals surface area contributed by atoms with E-state index in [0.29, 0.717) is 12.1 Å². The number of carboxylic acid groups (broad SMARTS) is 1. The number of anilines is 1. The summed E-state index contributed by atoms with van der Waals surface area (Å²) in [5.41, 5.74) is 0.612. The van der Waals surface area contributed by atoms with E-state index in [1.807, 2.05) is 6.07 Å². The van der Waals surface area contributed by atoms with Gasteiger partial charge in [-0.2, -0.15) is 0 Å². The molecule has 1 rings (SSSR count). The summed E-state index contributed by atoms with van der Waals surface area (Å²) in [7, 11) is 1.47. The summed E-state index contributed by atoms with van der Waals surface area (Å²) in [6.45, 7) is 1.72. The lowest BCUT2D eigenvalue weighted by Crippen LogP contribution is -2.44. The van der Waals surface area contributed by atoms with Crippen molar-refractivity contribution in [3.63, 3.8) is 0 Å². The average molecular weight is 315 g/mol. The fraction of sp³-hybridized carbons (Fsp3) is 0.333. The van der Waals surface area contributed by atoms with Crippen LogP contribution in [0.4, 0.5) is 10.5 Å². The molecule has 0 heterocycles. The third kappa shape index (κ3) is 3.73. The molecule has 0 aliphatic rings. The van der Waals surface area contributed by atoms with E-state index in [1.54, 1.807) is 25.1 Å². The number of carboxylic acids is 1. The lowest BCUT2D eigenvalue weighted by Gasteiger charge is -2.24. The van der Waals surface area contributed by atoms with Crippen LogP contribution in [0.5, 0.6) is 0 Å². The Bertz CT molecular complexity index is 451. The van der Waals surface area contributed by atoms with Crippen LogP contribution in [0.1, 0.15) is 13.3 Å². The van der Waals surface area contributed by atoms with E-state index < -0.39 is 18.0 Å². The number of urea groups is 1. The van der Waals surface area contributed by atoms with E-state index in [2.05, 4.69) is 21.2 Å². The number of rotatable bonds is 4. The van der Waals surface area contributed by atoms with Gasteiger partial charge in [-0.25, -0.2) is 9.59 Å². The summed E-state index contributed by atoms with van der Waals surface area (Å²) in [6.07, 6.45) is 0.359. The Hall–Kier alpha value is -1.56. The molecule has 1 aromatic rings. The molecule has 18 heavy (non-hydrogen) atoms. The van der Waals surface area contributed by atoms with Crippen molar-refractivity contribution >= 4 is 33.6 Å². The Balaban J connectivity index is 2.73. The second-order valence-corrected chi connectivity index (χ2v) is 4.73. The number of amides is 2. The predicted octanol–water partition coefficient (Wildman–Crippen LogP) is 2.78. The minimum absolute atomic E-state index is 0.359. The van der Waals surface area contributed by atoms with Gasteiger partial charge in [0.05, 0.1) is 0 Å². The number of aliphatic carboxylic acids is 1. The summed E-state index contributed by atoms with van der Waals surface area (Å²) in [6, 6.07) is 5.84. The highest BCUT2D eigenvalue weighted by atomic mass is 79.9. The Morgan fingerprint density at radius 2 is 2.17 bits per heavy atom. The third-order valence-corrected chi connectivity index (χ3v) is 3.03. The van der Waals surface area contributed by atoms with Gasteiger partial charge >= 0.3 is 12.0 Å². The minimum Gasteiger partial charge on any atom is -0.480 e. The largest absolute Gasteiger partial charge is 0.480 e. The van der Waals surface area contributed by atoms with Gasteiger partial charge in [0.1, 0.15) is 6.04 Å². The van der Waals surface area contributed by atoms with E-state index in [1.165, 1.54) is 11.9 Å². The van der Waals surface area contributed by atoms with Gasteiger partial charge in [-0.1, -0.05) is 28.9 Å². The molecule has 0 aromatic heterocycles. The first kappa shape index (κ1) is 14.5. The summed E-state index contributed by atoms with van der Waals surface area (Å²) in [4.78, 5) is 24.0. The smallest absolute Gasteiger partial charge is 0.326 e. The second-order valence-electron chi connectivity index (χ2n) is 3.81. The van der Waals surface area contributed by atoms with Crippen LogP contribution in [0, 0.1) is 0 Å². The standard InChI is InChI=1S/C12H15BrN2O3/c1-3-10(11(16)17)15(2)12(18)14-9-6-4-5-8(13)7-9/h4-7,10H,3H2,1-2H3,(H,14,18)(H,16,17). The third-order valence-electron chi connectivity index (χ3n) is 2.54. The van der Waals surface area contributed by atoms with Crippen LogP contribution in [0.3, 0.4) is 0 Å². The molecule has 2 amide bonds. The maximum Gasteiger partial charge on any atom is 0.326 e. The first-order valence-electron chi connectivity index (χ1n) is 5.48. The summed E-state index contributed by atoms with van der Waals surface area (Å²) in [5, 5.41) is 11.6. The average Bonchev–Trinajstić information content (AvgIpc) is 2.29. The van der Waals surface area contributed by atoms with Gasteiger partial charge in [0.2, 0.25) is 0 Å². The number of nitrogens with zero attached hydrogens (tertiary/aromatic N) is 1. The Morgan fingerprint density at radius 1 is 1.50 bits per heavy atom. The number of carbonyl (C=O) groups excluding carboxylic acids is 1. The lowest BCUT2D eigenvalue weighted by atomic mass is 10.2. The van der Waals surface area contributed by atoms with Crippen molar-refractivity contribution in [3.8, 4) is 0 Å². The van der Waals surface area contributed by atoms with Gasteiger partial charge in [0.15, 0.2) is 0 Å². The molecular weight excluding hydrogens is 300 g/mol. The summed E-state index contributed by atoms with van der Waals surface area (Å²) >= 11 is 3.30. The normalized spacial score (nSPS) is 11.7. The molecule has 0 spiro atoms. The van der Waals surface area contributed by atoms with Gasteiger partial charge in [-0.15, -0.1) is 0 Å². The SMILES string of the molecule is CCC(C(=O)O)N(C)C(=O)Nc1cccc(Br)c1. The van der Waals surface area contributed by atoms with Crippen LogP contribution < -0.4 is 5.32 Å². The van der Waals surface area contributed by atoms with Crippen molar-refractivity contribution in [2.45, 2.75) is 19.4 Å². The number of likely N-dealkylation sites (N-methyl/N-ethyl adjacent to an activating group) is 1. The van der Waals surface area contributed by atoms with Gasteiger partial charge in [0.25, 0.3) is 0 Å². The molecule has 0 aliphatic heterocycles. The van der Waals surface area contributed by atoms with E-state index in [9.17, 15) is 9.59 Å². The molecule has 5 nitrogen and oxygen atoms in total. The molecule has 0 radical (unpaired) electrons. The molecule has 1 unspecified atom stereocenters. The molecule has 0 aliphatic carbocycles. The molecule has 1 atom stereocenters. The lowest BCUT2D eigenvalue weighted by molar-refractivity contribution is -0.141. The zero-order valence-corrected chi connectivity index (χ0v) is 11.8.